The fourth-order valence-electron chi connectivity index (χ4n) is 1.79. The molecule has 2 heterocycles. The molecule has 2 rings (SSSR count). The van der Waals surface area contributed by atoms with Gasteiger partial charge in [-0.15, -0.1) is 0 Å². The van der Waals surface area contributed by atoms with Gasteiger partial charge in [0.1, 0.15) is 5.69 Å². The summed E-state index contributed by atoms with van der Waals surface area (Å²) in [5.41, 5.74) is 1.25. The van der Waals surface area contributed by atoms with Crippen LogP contribution < -0.4 is 0 Å². The molecule has 0 saturated carbocycles. The summed E-state index contributed by atoms with van der Waals surface area (Å²) in [4.78, 5) is 18.1. The maximum absolute atomic E-state index is 12.2. The molecule has 0 spiro atoms. The minimum atomic E-state index is -0.0573. The van der Waals surface area contributed by atoms with Crippen molar-refractivity contribution in [3.8, 4) is 5.69 Å². The van der Waals surface area contributed by atoms with Gasteiger partial charge in [0.05, 0.1) is 16.4 Å². The van der Waals surface area contributed by atoms with Crippen LogP contribution in [0, 0.1) is 0 Å². The average molecular weight is 323 g/mol. The Kier molecular flexibility index (Phi) is 4.31. The number of hydrogen-bond acceptors (Lipinski definition) is 3. The zero-order valence-electron chi connectivity index (χ0n) is 10.9. The molecular formula is C13H15BrN4O. The van der Waals surface area contributed by atoms with Crippen LogP contribution in [-0.4, -0.2) is 38.7 Å². The van der Waals surface area contributed by atoms with Crippen LogP contribution in [-0.2, 0) is 0 Å². The molecule has 0 atom stereocenters. The third-order valence-electron chi connectivity index (χ3n) is 2.83. The highest BCUT2D eigenvalue weighted by atomic mass is 79.9. The Morgan fingerprint density at radius 3 is 2.74 bits per heavy atom. The van der Waals surface area contributed by atoms with Crippen molar-refractivity contribution in [1.29, 1.82) is 0 Å². The molecule has 0 bridgehead atoms. The molecular weight excluding hydrogens is 308 g/mol. The lowest BCUT2D eigenvalue weighted by Gasteiger charge is -2.18. The highest BCUT2D eigenvalue weighted by Crippen LogP contribution is 2.13. The van der Waals surface area contributed by atoms with Crippen LogP contribution in [0.1, 0.15) is 24.3 Å². The van der Waals surface area contributed by atoms with Gasteiger partial charge in [-0.3, -0.25) is 9.78 Å². The number of aromatic nitrogens is 3. The second kappa shape index (κ2) is 5.97. The summed E-state index contributed by atoms with van der Waals surface area (Å²) in [6, 6.07) is 3.57. The Labute approximate surface area is 120 Å². The van der Waals surface area contributed by atoms with Gasteiger partial charge in [-0.1, -0.05) is 0 Å². The predicted molar refractivity (Wildman–Crippen MR) is 76.3 cm³/mol. The number of amides is 1. The van der Waals surface area contributed by atoms with Crippen molar-refractivity contribution in [2.45, 2.75) is 13.8 Å². The van der Waals surface area contributed by atoms with E-state index >= 15 is 0 Å². The molecule has 19 heavy (non-hydrogen) atoms. The minimum absolute atomic E-state index is 0.0573. The van der Waals surface area contributed by atoms with E-state index in [9.17, 15) is 4.79 Å². The van der Waals surface area contributed by atoms with Gasteiger partial charge in [-0.05, 0) is 41.9 Å². The van der Waals surface area contributed by atoms with Gasteiger partial charge in [0.25, 0.3) is 5.91 Å². The van der Waals surface area contributed by atoms with Crippen molar-refractivity contribution in [2.75, 3.05) is 13.1 Å². The summed E-state index contributed by atoms with van der Waals surface area (Å²) in [5, 5.41) is 4.19. The largest absolute Gasteiger partial charge is 0.338 e. The van der Waals surface area contributed by atoms with E-state index in [1.165, 1.54) is 0 Å². The van der Waals surface area contributed by atoms with E-state index in [-0.39, 0.29) is 5.91 Å². The normalized spacial score (nSPS) is 10.5. The van der Waals surface area contributed by atoms with E-state index in [0.29, 0.717) is 18.8 Å². The topological polar surface area (TPSA) is 51.0 Å². The number of halogens is 1. The zero-order valence-corrected chi connectivity index (χ0v) is 12.5. The van der Waals surface area contributed by atoms with E-state index in [1.54, 1.807) is 28.0 Å². The molecule has 0 N–H and O–H groups in total. The molecule has 0 aliphatic carbocycles. The highest BCUT2D eigenvalue weighted by molar-refractivity contribution is 9.10. The van der Waals surface area contributed by atoms with Crippen molar-refractivity contribution in [3.63, 3.8) is 0 Å². The van der Waals surface area contributed by atoms with Gasteiger partial charge in [-0.25, -0.2) is 4.68 Å². The van der Waals surface area contributed by atoms with E-state index in [1.807, 2.05) is 26.1 Å². The molecule has 0 aliphatic heterocycles. The van der Waals surface area contributed by atoms with E-state index in [2.05, 4.69) is 26.0 Å². The molecule has 5 nitrogen and oxygen atoms in total. The molecule has 0 saturated heterocycles. The Morgan fingerprint density at radius 1 is 1.42 bits per heavy atom. The summed E-state index contributed by atoms with van der Waals surface area (Å²) >= 11 is 3.35. The Morgan fingerprint density at radius 2 is 2.16 bits per heavy atom. The Bertz CT molecular complexity index is 578. The van der Waals surface area contributed by atoms with Crippen LogP contribution in [0.25, 0.3) is 5.69 Å². The average Bonchev–Trinajstić information content (AvgIpc) is 2.87. The summed E-state index contributed by atoms with van der Waals surface area (Å²) < 4.78 is 2.59. The number of carbonyl (C=O) groups is 1. The summed E-state index contributed by atoms with van der Waals surface area (Å²) in [7, 11) is 0. The maximum Gasteiger partial charge on any atom is 0.272 e. The standard InChI is InChI=1S/C13H15BrN4O/c1-3-17(4-2)13(19)12-7-11(5-6-15-12)18-9-10(14)8-16-18/h5-9H,3-4H2,1-2H3. The van der Waals surface area contributed by atoms with Gasteiger partial charge in [0, 0.05) is 25.5 Å². The van der Waals surface area contributed by atoms with Crippen molar-refractivity contribution < 1.29 is 4.79 Å². The lowest BCUT2D eigenvalue weighted by atomic mass is 10.3. The van der Waals surface area contributed by atoms with Crippen molar-refractivity contribution in [2.24, 2.45) is 0 Å². The zero-order chi connectivity index (χ0) is 13.8. The first-order chi connectivity index (χ1) is 9.15. The second-order valence-corrected chi connectivity index (χ2v) is 4.90. The summed E-state index contributed by atoms with van der Waals surface area (Å²) in [5.74, 6) is -0.0573. The molecule has 2 aromatic rings. The fourth-order valence-corrected chi connectivity index (χ4v) is 2.08. The fraction of sp³-hybridized carbons (Fsp3) is 0.308. The first-order valence-electron chi connectivity index (χ1n) is 6.11. The van der Waals surface area contributed by atoms with Crippen LogP contribution in [0.3, 0.4) is 0 Å². The van der Waals surface area contributed by atoms with Gasteiger partial charge in [-0.2, -0.15) is 5.10 Å². The smallest absolute Gasteiger partial charge is 0.272 e. The lowest BCUT2D eigenvalue weighted by molar-refractivity contribution is 0.0767. The molecule has 0 fully saturated rings. The number of rotatable bonds is 4. The minimum Gasteiger partial charge on any atom is -0.338 e. The molecule has 0 aromatic carbocycles. The van der Waals surface area contributed by atoms with Crippen molar-refractivity contribution >= 4 is 21.8 Å². The van der Waals surface area contributed by atoms with Gasteiger partial charge in [0.15, 0.2) is 0 Å². The second-order valence-electron chi connectivity index (χ2n) is 3.98. The number of hydrogen-bond donors (Lipinski definition) is 0. The quantitative estimate of drug-likeness (QED) is 0.869. The van der Waals surface area contributed by atoms with Gasteiger partial charge in [0.2, 0.25) is 0 Å². The van der Waals surface area contributed by atoms with E-state index < -0.39 is 0 Å². The Hall–Kier alpha value is -1.69. The van der Waals surface area contributed by atoms with Crippen molar-refractivity contribution in [1.82, 2.24) is 19.7 Å². The van der Waals surface area contributed by atoms with Crippen LogP contribution in [0.2, 0.25) is 0 Å². The van der Waals surface area contributed by atoms with Crippen molar-refractivity contribution in [3.05, 3.63) is 40.9 Å². The summed E-state index contributed by atoms with van der Waals surface area (Å²) in [6.07, 6.45) is 5.16. The van der Waals surface area contributed by atoms with Crippen LogP contribution in [0.15, 0.2) is 35.2 Å². The third kappa shape index (κ3) is 3.01. The third-order valence-corrected chi connectivity index (χ3v) is 3.24. The van der Waals surface area contributed by atoms with Crippen LogP contribution in [0.4, 0.5) is 0 Å². The molecule has 1 amide bonds. The number of nitrogens with zero attached hydrogens (tertiary/aromatic N) is 4. The molecule has 0 radical (unpaired) electrons. The number of carbonyl (C=O) groups excluding carboxylic acids is 1. The predicted octanol–water partition coefficient (Wildman–Crippen LogP) is 2.51. The molecule has 0 unspecified atom stereocenters. The molecule has 6 heteroatoms. The molecule has 100 valence electrons. The first kappa shape index (κ1) is 13.7. The van der Waals surface area contributed by atoms with E-state index in [0.717, 1.165) is 10.2 Å². The lowest BCUT2D eigenvalue weighted by Crippen LogP contribution is -2.31. The SMILES string of the molecule is CCN(CC)C(=O)c1cc(-n2cc(Br)cn2)ccn1. The van der Waals surface area contributed by atoms with Gasteiger partial charge >= 0.3 is 0 Å². The highest BCUT2D eigenvalue weighted by Gasteiger charge is 2.14. The summed E-state index contributed by atoms with van der Waals surface area (Å²) in [6.45, 7) is 5.26. The number of pyridine rings is 1. The monoisotopic (exact) mass is 322 g/mol. The molecule has 2 aromatic heterocycles. The molecule has 0 aliphatic rings. The van der Waals surface area contributed by atoms with Crippen LogP contribution in [0.5, 0.6) is 0 Å². The Balaban J connectivity index is 2.31. The van der Waals surface area contributed by atoms with E-state index in [4.69, 9.17) is 0 Å². The first-order valence-corrected chi connectivity index (χ1v) is 6.90. The maximum atomic E-state index is 12.2. The van der Waals surface area contributed by atoms with Gasteiger partial charge < -0.3 is 4.90 Å². The van der Waals surface area contributed by atoms with Crippen LogP contribution >= 0.6 is 15.9 Å².